The van der Waals surface area contributed by atoms with Gasteiger partial charge in [0, 0.05) is 27.1 Å². The van der Waals surface area contributed by atoms with E-state index >= 15 is 0 Å². The molecule has 26 heavy (non-hydrogen) atoms. The van der Waals surface area contributed by atoms with Crippen LogP contribution in [0.1, 0.15) is 26.4 Å². The van der Waals surface area contributed by atoms with Crippen LogP contribution in [0, 0.1) is 6.92 Å². The Balaban J connectivity index is 2.04. The molecule has 0 aliphatic rings. The first-order valence-corrected chi connectivity index (χ1v) is 8.44. The Labute approximate surface area is 154 Å². The summed E-state index contributed by atoms with van der Waals surface area (Å²) in [6.45, 7) is 1.65. The van der Waals surface area contributed by atoms with Gasteiger partial charge in [0.25, 0.3) is 5.91 Å². The molecule has 5 heteroatoms. The zero-order chi connectivity index (χ0) is 18.4. The molecule has 0 spiro atoms. The standard InChI is InChI=1S/C21H14ClNO3/c1-12-19(21(25)26)16-6-2-3-11-18(16)23(12)20(24)15-9-4-8-14-13(15)7-5-10-17(14)22/h2-11H,1H3,(H,25,26). The van der Waals surface area contributed by atoms with E-state index in [2.05, 4.69) is 0 Å². The number of para-hydroxylation sites is 1. The van der Waals surface area contributed by atoms with Crippen molar-refractivity contribution in [2.24, 2.45) is 0 Å². The fraction of sp³-hybridized carbons (Fsp3) is 0.0476. The predicted octanol–water partition coefficient (Wildman–Crippen LogP) is 5.14. The number of carboxylic acids is 1. The van der Waals surface area contributed by atoms with E-state index in [0.29, 0.717) is 27.2 Å². The zero-order valence-corrected chi connectivity index (χ0v) is 14.6. The van der Waals surface area contributed by atoms with Crippen molar-refractivity contribution in [1.82, 2.24) is 4.57 Å². The summed E-state index contributed by atoms with van der Waals surface area (Å²) in [4.78, 5) is 25.1. The van der Waals surface area contributed by atoms with Crippen molar-refractivity contribution in [1.29, 1.82) is 0 Å². The Hall–Kier alpha value is -3.11. The van der Waals surface area contributed by atoms with Crippen LogP contribution in [0.3, 0.4) is 0 Å². The molecule has 0 saturated heterocycles. The molecule has 3 aromatic carbocycles. The molecule has 4 rings (SSSR count). The van der Waals surface area contributed by atoms with E-state index in [9.17, 15) is 14.7 Å². The molecule has 0 saturated carbocycles. The van der Waals surface area contributed by atoms with Gasteiger partial charge in [0.05, 0.1) is 11.1 Å². The second-order valence-corrected chi connectivity index (χ2v) is 6.47. The number of carbonyl (C=O) groups is 2. The lowest BCUT2D eigenvalue weighted by Crippen LogP contribution is -2.14. The summed E-state index contributed by atoms with van der Waals surface area (Å²) in [5.41, 5.74) is 1.60. The molecule has 128 valence electrons. The highest BCUT2D eigenvalue weighted by molar-refractivity contribution is 6.36. The van der Waals surface area contributed by atoms with Gasteiger partial charge in [0.15, 0.2) is 0 Å². The summed E-state index contributed by atoms with van der Waals surface area (Å²) in [6.07, 6.45) is 0. The molecule has 0 amide bonds. The smallest absolute Gasteiger partial charge is 0.338 e. The third-order valence-corrected chi connectivity index (χ3v) is 4.96. The Morgan fingerprint density at radius 2 is 1.54 bits per heavy atom. The second kappa shape index (κ2) is 6.00. The van der Waals surface area contributed by atoms with Crippen molar-refractivity contribution >= 4 is 45.2 Å². The lowest BCUT2D eigenvalue weighted by atomic mass is 10.0. The molecule has 0 aliphatic heterocycles. The number of aromatic carboxylic acids is 1. The SMILES string of the molecule is Cc1c(C(=O)O)c2ccccc2n1C(=O)c1cccc2c(Cl)cccc12. The van der Waals surface area contributed by atoms with Crippen molar-refractivity contribution < 1.29 is 14.7 Å². The molecule has 0 aliphatic carbocycles. The molecule has 1 N–H and O–H groups in total. The van der Waals surface area contributed by atoms with Gasteiger partial charge in [-0.15, -0.1) is 0 Å². The largest absolute Gasteiger partial charge is 0.478 e. The molecule has 1 aromatic heterocycles. The van der Waals surface area contributed by atoms with Crippen molar-refractivity contribution in [3.63, 3.8) is 0 Å². The summed E-state index contributed by atoms with van der Waals surface area (Å²) in [7, 11) is 0. The van der Waals surface area contributed by atoms with Gasteiger partial charge in [-0.3, -0.25) is 9.36 Å². The number of rotatable bonds is 2. The summed E-state index contributed by atoms with van der Waals surface area (Å²) in [6, 6.07) is 17.8. The number of carbonyl (C=O) groups excluding carboxylic acids is 1. The Bertz CT molecular complexity index is 1210. The number of benzene rings is 3. The molecular weight excluding hydrogens is 350 g/mol. The molecule has 0 unspecified atom stereocenters. The molecule has 0 radical (unpaired) electrons. The van der Waals surface area contributed by atoms with E-state index in [1.54, 1.807) is 55.5 Å². The minimum atomic E-state index is -1.05. The van der Waals surface area contributed by atoms with Crippen LogP contribution >= 0.6 is 11.6 Å². The van der Waals surface area contributed by atoms with Gasteiger partial charge in [-0.2, -0.15) is 0 Å². The highest BCUT2D eigenvalue weighted by Crippen LogP contribution is 2.30. The minimum absolute atomic E-state index is 0.146. The summed E-state index contributed by atoms with van der Waals surface area (Å²) in [5.74, 6) is -1.33. The number of halogens is 1. The highest BCUT2D eigenvalue weighted by atomic mass is 35.5. The average molecular weight is 364 g/mol. The average Bonchev–Trinajstić information content (AvgIpc) is 2.93. The summed E-state index contributed by atoms with van der Waals surface area (Å²) >= 11 is 6.26. The van der Waals surface area contributed by atoms with E-state index in [4.69, 9.17) is 11.6 Å². The van der Waals surface area contributed by atoms with Gasteiger partial charge in [-0.25, -0.2) is 4.79 Å². The number of aromatic nitrogens is 1. The molecule has 4 nitrogen and oxygen atoms in total. The summed E-state index contributed by atoms with van der Waals surface area (Å²) in [5, 5.41) is 12.2. The summed E-state index contributed by atoms with van der Waals surface area (Å²) < 4.78 is 1.47. The Kier molecular flexibility index (Phi) is 3.78. The number of carboxylic acid groups (broad SMARTS) is 1. The van der Waals surface area contributed by atoms with E-state index in [1.165, 1.54) is 4.57 Å². The van der Waals surface area contributed by atoms with Gasteiger partial charge in [-0.05, 0) is 30.5 Å². The second-order valence-electron chi connectivity index (χ2n) is 6.06. The fourth-order valence-electron chi connectivity index (χ4n) is 3.48. The molecular formula is C21H14ClNO3. The van der Waals surface area contributed by atoms with E-state index in [0.717, 1.165) is 10.8 Å². The molecule has 0 atom stereocenters. The van der Waals surface area contributed by atoms with Crippen LogP contribution in [0.15, 0.2) is 60.7 Å². The van der Waals surface area contributed by atoms with E-state index < -0.39 is 5.97 Å². The van der Waals surface area contributed by atoms with Gasteiger partial charge in [0.2, 0.25) is 0 Å². The molecule has 1 heterocycles. The van der Waals surface area contributed by atoms with Crippen LogP contribution in [-0.4, -0.2) is 21.6 Å². The normalized spacial score (nSPS) is 11.2. The third-order valence-electron chi connectivity index (χ3n) is 4.63. The molecule has 0 bridgehead atoms. The van der Waals surface area contributed by atoms with Crippen LogP contribution in [0.5, 0.6) is 0 Å². The number of hydrogen-bond donors (Lipinski definition) is 1. The van der Waals surface area contributed by atoms with E-state index in [1.807, 2.05) is 12.1 Å². The van der Waals surface area contributed by atoms with Crippen LogP contribution in [0.2, 0.25) is 5.02 Å². The highest BCUT2D eigenvalue weighted by Gasteiger charge is 2.24. The Morgan fingerprint density at radius 3 is 2.31 bits per heavy atom. The number of fused-ring (bicyclic) bond motifs is 2. The molecule has 0 fully saturated rings. The maximum Gasteiger partial charge on any atom is 0.338 e. The van der Waals surface area contributed by atoms with Crippen molar-refractivity contribution in [2.45, 2.75) is 6.92 Å². The third kappa shape index (κ3) is 2.30. The topological polar surface area (TPSA) is 59.3 Å². The monoisotopic (exact) mass is 363 g/mol. The van der Waals surface area contributed by atoms with Gasteiger partial charge < -0.3 is 5.11 Å². The zero-order valence-electron chi connectivity index (χ0n) is 13.9. The first kappa shape index (κ1) is 16.4. The van der Waals surface area contributed by atoms with Crippen LogP contribution in [0.25, 0.3) is 21.7 Å². The fourth-order valence-corrected chi connectivity index (χ4v) is 3.72. The Morgan fingerprint density at radius 1 is 0.885 bits per heavy atom. The first-order valence-electron chi connectivity index (χ1n) is 8.06. The van der Waals surface area contributed by atoms with Crippen molar-refractivity contribution in [3.05, 3.63) is 82.5 Å². The van der Waals surface area contributed by atoms with Crippen LogP contribution in [-0.2, 0) is 0 Å². The minimum Gasteiger partial charge on any atom is -0.478 e. The van der Waals surface area contributed by atoms with Crippen LogP contribution < -0.4 is 0 Å². The molecule has 4 aromatic rings. The quantitative estimate of drug-likeness (QED) is 0.536. The van der Waals surface area contributed by atoms with Gasteiger partial charge in [-0.1, -0.05) is 54.1 Å². The first-order chi connectivity index (χ1) is 12.5. The lowest BCUT2D eigenvalue weighted by Gasteiger charge is -2.10. The lowest BCUT2D eigenvalue weighted by molar-refractivity contribution is 0.0698. The maximum absolute atomic E-state index is 13.4. The van der Waals surface area contributed by atoms with Gasteiger partial charge in [0.1, 0.15) is 0 Å². The maximum atomic E-state index is 13.4. The number of hydrogen-bond acceptors (Lipinski definition) is 2. The predicted molar refractivity (Wildman–Crippen MR) is 102 cm³/mol. The van der Waals surface area contributed by atoms with Gasteiger partial charge >= 0.3 is 5.97 Å². The van der Waals surface area contributed by atoms with Crippen molar-refractivity contribution in [3.8, 4) is 0 Å². The van der Waals surface area contributed by atoms with Crippen molar-refractivity contribution in [2.75, 3.05) is 0 Å². The van der Waals surface area contributed by atoms with E-state index in [-0.39, 0.29) is 11.5 Å². The number of nitrogens with zero attached hydrogens (tertiary/aromatic N) is 1. The van der Waals surface area contributed by atoms with Crippen LogP contribution in [0.4, 0.5) is 0 Å².